The number of carbonyl (C=O) groups is 1. The molecular weight excluding hydrogens is 373 g/mol. The molecule has 3 aromatic heterocycles. The normalized spacial score (nSPS) is 13.4. The molecular formula is C14H11F3N6O2S. The Morgan fingerprint density at radius 3 is 2.62 bits per heavy atom. The fourth-order valence-corrected chi connectivity index (χ4v) is 2.68. The van der Waals surface area contributed by atoms with Gasteiger partial charge in [-0.3, -0.25) is 0 Å². The van der Waals surface area contributed by atoms with E-state index in [1.54, 1.807) is 13.1 Å². The number of aromatic amines is 1. The zero-order valence-electron chi connectivity index (χ0n) is 13.1. The quantitative estimate of drug-likeness (QED) is 0.616. The second-order valence-corrected chi connectivity index (χ2v) is 6.14. The van der Waals surface area contributed by atoms with E-state index in [9.17, 15) is 13.2 Å². The van der Waals surface area contributed by atoms with Crippen LogP contribution in [0.4, 0.5) is 13.2 Å². The van der Waals surface area contributed by atoms with Crippen molar-refractivity contribution in [2.75, 3.05) is 0 Å². The number of hydrogen-bond donors (Lipinski definition) is 3. The molecule has 4 N–H and O–H groups in total. The van der Waals surface area contributed by atoms with Crippen molar-refractivity contribution in [2.45, 2.75) is 18.6 Å². The number of carboxylic acids is 1. The van der Waals surface area contributed by atoms with Crippen LogP contribution in [0.2, 0.25) is 0 Å². The van der Waals surface area contributed by atoms with Gasteiger partial charge in [-0.1, -0.05) is 0 Å². The standard InChI is InChI=1S/C12H10N6S.C2HF3O2/c1-12(14,5-13)11-16-4-8(19-11)9-7-2-3-15-10(7)18-6-17-9;3-2(4,5)1(6)7/h2-4,6H,14H2,1H3,(H,15,17,18);(H,6,7). The molecule has 0 aliphatic rings. The van der Waals surface area contributed by atoms with Crippen LogP contribution in [0.15, 0.2) is 24.8 Å². The number of aromatic nitrogens is 4. The summed E-state index contributed by atoms with van der Waals surface area (Å²) >= 11 is 1.37. The summed E-state index contributed by atoms with van der Waals surface area (Å²) in [7, 11) is 0. The maximum Gasteiger partial charge on any atom is 0.490 e. The molecule has 1 atom stereocenters. The number of aliphatic carboxylic acids is 1. The number of hydrogen-bond acceptors (Lipinski definition) is 7. The maximum absolute atomic E-state index is 10.6. The van der Waals surface area contributed by atoms with E-state index in [-0.39, 0.29) is 0 Å². The van der Waals surface area contributed by atoms with Gasteiger partial charge in [-0.25, -0.2) is 19.7 Å². The molecule has 3 aromatic rings. The van der Waals surface area contributed by atoms with E-state index < -0.39 is 17.7 Å². The Hall–Kier alpha value is -3.04. The summed E-state index contributed by atoms with van der Waals surface area (Å²) < 4.78 is 31.7. The molecule has 0 fully saturated rings. The molecule has 0 aliphatic carbocycles. The van der Waals surface area contributed by atoms with Crippen LogP contribution in [0.3, 0.4) is 0 Å². The number of fused-ring (bicyclic) bond motifs is 1. The summed E-state index contributed by atoms with van der Waals surface area (Å²) in [4.78, 5) is 25.5. The Morgan fingerprint density at radius 1 is 1.38 bits per heavy atom. The zero-order valence-corrected chi connectivity index (χ0v) is 13.9. The fraction of sp³-hybridized carbons (Fsp3) is 0.214. The van der Waals surface area contributed by atoms with Gasteiger partial charge in [0.15, 0.2) is 5.54 Å². The molecule has 12 heteroatoms. The molecule has 8 nitrogen and oxygen atoms in total. The van der Waals surface area contributed by atoms with Crippen LogP contribution in [-0.4, -0.2) is 37.2 Å². The largest absolute Gasteiger partial charge is 0.490 e. The van der Waals surface area contributed by atoms with Crippen LogP contribution in [0.5, 0.6) is 0 Å². The van der Waals surface area contributed by atoms with E-state index in [4.69, 9.17) is 20.9 Å². The van der Waals surface area contributed by atoms with Crippen LogP contribution < -0.4 is 5.73 Å². The van der Waals surface area contributed by atoms with E-state index in [1.165, 1.54) is 17.7 Å². The van der Waals surface area contributed by atoms with Gasteiger partial charge in [0, 0.05) is 17.8 Å². The highest BCUT2D eigenvalue weighted by molar-refractivity contribution is 7.15. The first kappa shape index (κ1) is 19.3. The van der Waals surface area contributed by atoms with Crippen molar-refractivity contribution in [1.82, 2.24) is 19.9 Å². The molecule has 0 radical (unpaired) electrons. The molecule has 0 aliphatic heterocycles. The lowest BCUT2D eigenvalue weighted by Crippen LogP contribution is -2.30. The summed E-state index contributed by atoms with van der Waals surface area (Å²) in [5, 5.41) is 17.7. The number of thiazole rings is 1. The van der Waals surface area contributed by atoms with Gasteiger partial charge in [-0.2, -0.15) is 18.4 Å². The second kappa shape index (κ2) is 7.06. The Bertz CT molecular complexity index is 973. The molecule has 0 amide bonds. The highest BCUT2D eigenvalue weighted by atomic mass is 32.1. The van der Waals surface area contributed by atoms with Crippen molar-refractivity contribution in [3.8, 4) is 16.6 Å². The number of nitriles is 1. The van der Waals surface area contributed by atoms with Crippen LogP contribution in [-0.2, 0) is 10.3 Å². The van der Waals surface area contributed by atoms with Crippen molar-refractivity contribution in [1.29, 1.82) is 5.26 Å². The van der Waals surface area contributed by atoms with Crippen molar-refractivity contribution < 1.29 is 23.1 Å². The molecule has 136 valence electrons. The number of halogens is 3. The Kier molecular flexibility index (Phi) is 5.24. The summed E-state index contributed by atoms with van der Waals surface area (Å²) in [5.41, 5.74) is 6.36. The molecule has 0 aromatic carbocycles. The molecule has 0 saturated carbocycles. The summed E-state index contributed by atoms with van der Waals surface area (Å²) in [6, 6.07) is 3.95. The predicted molar refractivity (Wildman–Crippen MR) is 85.8 cm³/mol. The van der Waals surface area contributed by atoms with Gasteiger partial charge < -0.3 is 15.8 Å². The van der Waals surface area contributed by atoms with Crippen LogP contribution in [0.1, 0.15) is 11.9 Å². The third-order valence-corrected chi connectivity index (χ3v) is 4.25. The minimum Gasteiger partial charge on any atom is -0.475 e. The second-order valence-electron chi connectivity index (χ2n) is 5.11. The topological polar surface area (TPSA) is 142 Å². The van der Waals surface area contributed by atoms with Crippen molar-refractivity contribution >= 4 is 28.3 Å². The minimum atomic E-state index is -5.08. The molecule has 0 spiro atoms. The van der Waals surface area contributed by atoms with Crippen molar-refractivity contribution in [2.24, 2.45) is 5.73 Å². The predicted octanol–water partition coefficient (Wildman–Crippen LogP) is 2.41. The number of alkyl halides is 3. The first-order valence-corrected chi connectivity index (χ1v) is 7.63. The zero-order chi connectivity index (χ0) is 19.5. The summed E-state index contributed by atoms with van der Waals surface area (Å²) in [6.45, 7) is 1.64. The number of nitrogens with one attached hydrogen (secondary N) is 1. The van der Waals surface area contributed by atoms with Gasteiger partial charge in [0.1, 0.15) is 17.0 Å². The average Bonchev–Trinajstić information content (AvgIpc) is 3.23. The lowest BCUT2D eigenvalue weighted by molar-refractivity contribution is -0.192. The molecule has 1 unspecified atom stereocenters. The molecule has 3 rings (SSSR count). The Morgan fingerprint density at radius 2 is 2.04 bits per heavy atom. The van der Waals surface area contributed by atoms with Crippen LogP contribution in [0, 0.1) is 11.3 Å². The monoisotopic (exact) mass is 384 g/mol. The van der Waals surface area contributed by atoms with E-state index in [0.717, 1.165) is 21.6 Å². The number of nitrogens with zero attached hydrogens (tertiary/aromatic N) is 4. The first-order valence-electron chi connectivity index (χ1n) is 6.81. The summed E-state index contributed by atoms with van der Waals surface area (Å²) in [6.07, 6.45) is -0.0795. The van der Waals surface area contributed by atoms with Crippen molar-refractivity contribution in [3.05, 3.63) is 29.8 Å². The van der Waals surface area contributed by atoms with E-state index >= 15 is 0 Å². The van der Waals surface area contributed by atoms with E-state index in [1.807, 2.05) is 18.3 Å². The number of nitrogens with two attached hydrogens (primary N) is 1. The minimum absolute atomic E-state index is 0.576. The number of carboxylic acid groups (broad SMARTS) is 1. The van der Waals surface area contributed by atoms with Gasteiger partial charge in [-0.15, -0.1) is 11.3 Å². The average molecular weight is 384 g/mol. The third-order valence-electron chi connectivity index (χ3n) is 3.01. The van der Waals surface area contributed by atoms with Crippen molar-refractivity contribution in [3.63, 3.8) is 0 Å². The highest BCUT2D eigenvalue weighted by Gasteiger charge is 2.38. The van der Waals surface area contributed by atoms with Gasteiger partial charge in [0.05, 0.1) is 16.6 Å². The van der Waals surface area contributed by atoms with Gasteiger partial charge in [0.2, 0.25) is 0 Å². The van der Waals surface area contributed by atoms with Gasteiger partial charge in [-0.05, 0) is 13.0 Å². The number of H-pyrrole nitrogens is 1. The van der Waals surface area contributed by atoms with E-state index in [2.05, 4.69) is 19.9 Å². The highest BCUT2D eigenvalue weighted by Crippen LogP contribution is 2.32. The maximum atomic E-state index is 10.6. The molecule has 3 heterocycles. The molecule has 0 saturated heterocycles. The third kappa shape index (κ3) is 4.13. The fourth-order valence-electron chi connectivity index (χ4n) is 1.74. The van der Waals surface area contributed by atoms with Crippen LogP contribution in [0.25, 0.3) is 21.6 Å². The molecule has 0 bridgehead atoms. The van der Waals surface area contributed by atoms with Gasteiger partial charge in [0.25, 0.3) is 0 Å². The smallest absolute Gasteiger partial charge is 0.475 e. The first-order chi connectivity index (χ1) is 12.1. The Balaban J connectivity index is 0.000000298. The van der Waals surface area contributed by atoms with Crippen LogP contribution >= 0.6 is 11.3 Å². The van der Waals surface area contributed by atoms with Gasteiger partial charge >= 0.3 is 12.1 Å². The number of rotatable bonds is 2. The lowest BCUT2D eigenvalue weighted by Gasteiger charge is -2.10. The lowest BCUT2D eigenvalue weighted by atomic mass is 10.1. The summed E-state index contributed by atoms with van der Waals surface area (Å²) in [5.74, 6) is -2.76. The SMILES string of the molecule is CC(N)(C#N)c1ncc(-c2ncnc3[nH]ccc23)s1.O=C(O)C(F)(F)F. The Labute approximate surface area is 148 Å². The van der Waals surface area contributed by atoms with E-state index in [0.29, 0.717) is 5.01 Å². The molecule has 26 heavy (non-hydrogen) atoms.